The summed E-state index contributed by atoms with van der Waals surface area (Å²) in [5.41, 5.74) is 6.00. The SMILES string of the molecule is CN=C1Nc2cc(-n3ncc4c3CCCNC4)c(Cl)cc2C12CCC2. The van der Waals surface area contributed by atoms with Crippen molar-refractivity contribution < 1.29 is 0 Å². The molecule has 6 heteroatoms. The first kappa shape index (κ1) is 15.4. The van der Waals surface area contributed by atoms with E-state index in [1.54, 1.807) is 0 Å². The molecule has 0 saturated heterocycles. The summed E-state index contributed by atoms with van der Waals surface area (Å²) >= 11 is 6.74. The minimum Gasteiger partial charge on any atom is -0.343 e. The van der Waals surface area contributed by atoms with Crippen LogP contribution in [0.4, 0.5) is 5.69 Å². The fourth-order valence-electron chi connectivity index (χ4n) is 4.54. The molecule has 0 bridgehead atoms. The van der Waals surface area contributed by atoms with Crippen molar-refractivity contribution in [2.24, 2.45) is 4.99 Å². The van der Waals surface area contributed by atoms with Crippen molar-refractivity contribution in [3.63, 3.8) is 0 Å². The van der Waals surface area contributed by atoms with E-state index in [2.05, 4.69) is 32.9 Å². The fourth-order valence-corrected chi connectivity index (χ4v) is 4.78. The molecule has 3 heterocycles. The normalized spacial score (nSPS) is 22.2. The molecule has 5 rings (SSSR count). The minimum absolute atomic E-state index is 0.0667. The van der Waals surface area contributed by atoms with Gasteiger partial charge in [-0.3, -0.25) is 4.99 Å². The molecule has 0 atom stereocenters. The number of amidine groups is 1. The molecule has 0 unspecified atom stereocenters. The first-order valence-electron chi connectivity index (χ1n) is 9.08. The Morgan fingerprint density at radius 3 is 2.92 bits per heavy atom. The highest BCUT2D eigenvalue weighted by atomic mass is 35.5. The number of hydrogen-bond acceptors (Lipinski definition) is 3. The smallest absolute Gasteiger partial charge is 0.111 e. The molecule has 1 aromatic heterocycles. The van der Waals surface area contributed by atoms with Gasteiger partial charge in [0.25, 0.3) is 0 Å². The lowest BCUT2D eigenvalue weighted by atomic mass is 9.65. The van der Waals surface area contributed by atoms with Crippen molar-refractivity contribution in [3.05, 3.63) is 40.2 Å². The summed E-state index contributed by atoms with van der Waals surface area (Å²) in [6.07, 6.45) is 7.66. The molecule has 1 fully saturated rings. The van der Waals surface area contributed by atoms with E-state index in [1.807, 2.05) is 17.9 Å². The maximum atomic E-state index is 6.74. The Labute approximate surface area is 152 Å². The molecule has 2 N–H and O–H groups in total. The summed E-state index contributed by atoms with van der Waals surface area (Å²) in [6, 6.07) is 4.29. The van der Waals surface area contributed by atoms with Crippen LogP contribution < -0.4 is 10.6 Å². The number of benzene rings is 1. The first-order valence-corrected chi connectivity index (χ1v) is 9.46. The number of nitrogens with one attached hydrogen (secondary N) is 2. The number of aromatic nitrogens is 2. The Kier molecular flexibility index (Phi) is 3.44. The fraction of sp³-hybridized carbons (Fsp3) is 0.474. The van der Waals surface area contributed by atoms with E-state index in [1.165, 1.54) is 23.2 Å². The molecule has 25 heavy (non-hydrogen) atoms. The minimum atomic E-state index is 0.0667. The standard InChI is InChI=1S/C19H22ClN5/c1-21-18-19(5-3-6-19)13-8-14(20)17(9-15(13)24-18)25-16-4-2-7-22-10-12(16)11-23-25/h8-9,11,22H,2-7,10H2,1H3,(H,21,24). The van der Waals surface area contributed by atoms with E-state index < -0.39 is 0 Å². The van der Waals surface area contributed by atoms with Gasteiger partial charge in [0.15, 0.2) is 0 Å². The molecule has 0 radical (unpaired) electrons. The maximum Gasteiger partial charge on any atom is 0.111 e. The largest absolute Gasteiger partial charge is 0.343 e. The van der Waals surface area contributed by atoms with Crippen LogP contribution in [0, 0.1) is 0 Å². The molecule has 130 valence electrons. The molecule has 2 aromatic rings. The van der Waals surface area contributed by atoms with Gasteiger partial charge in [-0.05, 0) is 49.9 Å². The average molecular weight is 356 g/mol. The van der Waals surface area contributed by atoms with Gasteiger partial charge in [0, 0.05) is 30.5 Å². The lowest BCUT2D eigenvalue weighted by molar-refractivity contribution is 0.347. The van der Waals surface area contributed by atoms with Crippen molar-refractivity contribution in [2.75, 3.05) is 18.9 Å². The van der Waals surface area contributed by atoms with Crippen molar-refractivity contribution in [2.45, 2.75) is 44.1 Å². The summed E-state index contributed by atoms with van der Waals surface area (Å²) in [6.45, 7) is 1.93. The van der Waals surface area contributed by atoms with E-state index in [0.29, 0.717) is 0 Å². The third-order valence-electron chi connectivity index (χ3n) is 6.01. The average Bonchev–Trinajstić information content (AvgIpc) is 3.03. The molecular formula is C19H22ClN5. The number of halogens is 1. The summed E-state index contributed by atoms with van der Waals surface area (Å²) < 4.78 is 2.03. The van der Waals surface area contributed by atoms with Crippen molar-refractivity contribution >= 4 is 23.1 Å². The van der Waals surface area contributed by atoms with Crippen LogP contribution in [0.25, 0.3) is 5.69 Å². The second-order valence-corrected chi connectivity index (χ2v) is 7.70. The van der Waals surface area contributed by atoms with Gasteiger partial charge in [0.2, 0.25) is 0 Å². The number of aliphatic imine (C=N–C) groups is 1. The molecule has 2 aliphatic heterocycles. The lowest BCUT2D eigenvalue weighted by Gasteiger charge is -2.38. The van der Waals surface area contributed by atoms with Gasteiger partial charge < -0.3 is 10.6 Å². The highest BCUT2D eigenvalue weighted by molar-refractivity contribution is 6.33. The van der Waals surface area contributed by atoms with Gasteiger partial charge in [0.05, 0.1) is 22.3 Å². The Balaban J connectivity index is 1.63. The van der Waals surface area contributed by atoms with E-state index in [-0.39, 0.29) is 5.41 Å². The van der Waals surface area contributed by atoms with Crippen LogP contribution in [0.1, 0.15) is 42.5 Å². The Hall–Kier alpha value is -1.85. The zero-order valence-corrected chi connectivity index (χ0v) is 15.2. The number of anilines is 1. The predicted octanol–water partition coefficient (Wildman–Crippen LogP) is 3.44. The third kappa shape index (κ3) is 2.12. The summed E-state index contributed by atoms with van der Waals surface area (Å²) in [4.78, 5) is 4.51. The van der Waals surface area contributed by atoms with E-state index >= 15 is 0 Å². The van der Waals surface area contributed by atoms with E-state index in [0.717, 1.165) is 61.0 Å². The Morgan fingerprint density at radius 1 is 1.28 bits per heavy atom. The Morgan fingerprint density at radius 2 is 2.16 bits per heavy atom. The highest BCUT2D eigenvalue weighted by Crippen LogP contribution is 2.52. The van der Waals surface area contributed by atoms with Crippen LogP contribution in [-0.2, 0) is 18.4 Å². The molecule has 1 spiro atoms. The predicted molar refractivity (Wildman–Crippen MR) is 101 cm³/mol. The second kappa shape index (κ2) is 5.58. The van der Waals surface area contributed by atoms with Crippen molar-refractivity contribution in [1.82, 2.24) is 15.1 Å². The van der Waals surface area contributed by atoms with Crippen molar-refractivity contribution in [1.29, 1.82) is 0 Å². The molecular weight excluding hydrogens is 334 g/mol. The summed E-state index contributed by atoms with van der Waals surface area (Å²) in [5, 5.41) is 12.4. The Bertz CT molecular complexity index is 878. The van der Waals surface area contributed by atoms with Crippen LogP contribution in [0.2, 0.25) is 5.02 Å². The van der Waals surface area contributed by atoms with Crippen LogP contribution in [0.3, 0.4) is 0 Å². The van der Waals surface area contributed by atoms with Crippen LogP contribution >= 0.6 is 11.6 Å². The van der Waals surface area contributed by atoms with E-state index in [4.69, 9.17) is 11.6 Å². The van der Waals surface area contributed by atoms with Gasteiger partial charge in [-0.1, -0.05) is 18.0 Å². The first-order chi connectivity index (χ1) is 12.2. The zero-order valence-electron chi connectivity index (χ0n) is 14.4. The van der Waals surface area contributed by atoms with Crippen LogP contribution in [0.15, 0.2) is 23.3 Å². The molecule has 1 aromatic carbocycles. The van der Waals surface area contributed by atoms with Crippen LogP contribution in [0.5, 0.6) is 0 Å². The van der Waals surface area contributed by atoms with Gasteiger partial charge in [-0.2, -0.15) is 5.10 Å². The summed E-state index contributed by atoms with van der Waals surface area (Å²) in [5.74, 6) is 1.09. The van der Waals surface area contributed by atoms with Gasteiger partial charge in [-0.15, -0.1) is 0 Å². The third-order valence-corrected chi connectivity index (χ3v) is 6.31. The molecule has 1 aliphatic carbocycles. The lowest BCUT2D eigenvalue weighted by Crippen LogP contribution is -2.41. The molecule has 0 amide bonds. The monoisotopic (exact) mass is 355 g/mol. The number of hydrogen-bond donors (Lipinski definition) is 2. The van der Waals surface area contributed by atoms with Crippen molar-refractivity contribution in [3.8, 4) is 5.69 Å². The highest BCUT2D eigenvalue weighted by Gasteiger charge is 2.49. The van der Waals surface area contributed by atoms with Crippen LogP contribution in [-0.4, -0.2) is 29.2 Å². The van der Waals surface area contributed by atoms with Gasteiger partial charge in [0.1, 0.15) is 5.84 Å². The quantitative estimate of drug-likeness (QED) is 0.824. The zero-order chi connectivity index (χ0) is 17.0. The maximum absolute atomic E-state index is 6.74. The molecule has 5 nitrogen and oxygen atoms in total. The second-order valence-electron chi connectivity index (χ2n) is 7.29. The van der Waals surface area contributed by atoms with E-state index in [9.17, 15) is 0 Å². The van der Waals surface area contributed by atoms with Gasteiger partial charge in [-0.25, -0.2) is 4.68 Å². The molecule has 1 saturated carbocycles. The number of nitrogens with zero attached hydrogens (tertiary/aromatic N) is 3. The topological polar surface area (TPSA) is 54.2 Å². The summed E-state index contributed by atoms with van der Waals surface area (Å²) in [7, 11) is 1.87. The number of fused-ring (bicyclic) bond motifs is 3. The molecule has 3 aliphatic rings. The number of rotatable bonds is 1. The van der Waals surface area contributed by atoms with Gasteiger partial charge >= 0.3 is 0 Å².